The minimum Gasteiger partial charge on any atom is -0.465 e. The van der Waals surface area contributed by atoms with Crippen LogP contribution in [0.1, 0.15) is 56.7 Å². The molecular formula is C17H22O2. The quantitative estimate of drug-likeness (QED) is 0.736. The van der Waals surface area contributed by atoms with Crippen LogP contribution < -0.4 is 0 Å². The molecule has 0 fully saturated rings. The Bertz CT molecular complexity index is 557. The normalized spacial score (nSPS) is 13.8. The lowest BCUT2D eigenvalue weighted by atomic mass is 9.99. The average molecular weight is 258 g/mol. The van der Waals surface area contributed by atoms with Crippen LogP contribution in [-0.4, -0.2) is 0 Å². The Morgan fingerprint density at radius 3 is 2.26 bits per heavy atom. The van der Waals surface area contributed by atoms with Crippen molar-refractivity contribution in [3.8, 4) is 0 Å². The molecule has 0 aliphatic carbocycles. The SMILES string of the molecule is CCc1ccc(/C=C(\C)C(C)c2ccc(CC)o2)o1. The first kappa shape index (κ1) is 13.7. The Labute approximate surface area is 115 Å². The second kappa shape index (κ2) is 5.96. The van der Waals surface area contributed by atoms with Crippen LogP contribution in [0.3, 0.4) is 0 Å². The van der Waals surface area contributed by atoms with Crippen LogP contribution in [0.4, 0.5) is 0 Å². The van der Waals surface area contributed by atoms with Gasteiger partial charge in [-0.3, -0.25) is 0 Å². The van der Waals surface area contributed by atoms with Crippen molar-refractivity contribution in [3.63, 3.8) is 0 Å². The molecule has 0 aliphatic heterocycles. The second-order valence-electron chi connectivity index (χ2n) is 4.93. The molecule has 1 unspecified atom stereocenters. The molecule has 0 N–H and O–H groups in total. The summed E-state index contributed by atoms with van der Waals surface area (Å²) in [7, 11) is 0. The minimum atomic E-state index is 0.274. The van der Waals surface area contributed by atoms with E-state index in [-0.39, 0.29) is 5.92 Å². The Morgan fingerprint density at radius 2 is 1.68 bits per heavy atom. The zero-order valence-electron chi connectivity index (χ0n) is 12.2. The first-order valence-corrected chi connectivity index (χ1v) is 6.99. The fourth-order valence-corrected chi connectivity index (χ4v) is 2.05. The lowest BCUT2D eigenvalue weighted by Gasteiger charge is -2.08. The molecule has 0 aromatic carbocycles. The van der Waals surface area contributed by atoms with E-state index in [1.807, 2.05) is 12.1 Å². The number of hydrogen-bond acceptors (Lipinski definition) is 2. The van der Waals surface area contributed by atoms with Gasteiger partial charge in [-0.25, -0.2) is 0 Å². The Kier molecular flexibility index (Phi) is 4.31. The first-order valence-electron chi connectivity index (χ1n) is 6.99. The molecule has 2 rings (SSSR count). The van der Waals surface area contributed by atoms with E-state index in [4.69, 9.17) is 8.83 Å². The number of aryl methyl sites for hydroxylation is 2. The summed E-state index contributed by atoms with van der Waals surface area (Å²) in [5.41, 5.74) is 1.24. The first-order chi connectivity index (χ1) is 9.13. The van der Waals surface area contributed by atoms with Gasteiger partial charge in [0.15, 0.2) is 0 Å². The van der Waals surface area contributed by atoms with Gasteiger partial charge in [0.05, 0.1) is 0 Å². The summed E-state index contributed by atoms with van der Waals surface area (Å²) < 4.78 is 11.5. The molecule has 2 nitrogen and oxygen atoms in total. The molecular weight excluding hydrogens is 236 g/mol. The summed E-state index contributed by atoms with van der Waals surface area (Å²) in [6.07, 6.45) is 3.96. The van der Waals surface area contributed by atoms with E-state index in [0.29, 0.717) is 0 Å². The van der Waals surface area contributed by atoms with E-state index in [2.05, 4.69) is 45.9 Å². The molecule has 19 heavy (non-hydrogen) atoms. The van der Waals surface area contributed by atoms with Gasteiger partial charge in [-0.05, 0) is 37.3 Å². The molecule has 0 amide bonds. The van der Waals surface area contributed by atoms with E-state index >= 15 is 0 Å². The molecule has 2 heterocycles. The third-order valence-corrected chi connectivity index (χ3v) is 3.54. The van der Waals surface area contributed by atoms with Gasteiger partial charge in [0.25, 0.3) is 0 Å². The molecule has 0 saturated carbocycles. The molecule has 2 aromatic heterocycles. The molecule has 0 spiro atoms. The van der Waals surface area contributed by atoms with E-state index in [9.17, 15) is 0 Å². The number of rotatable bonds is 5. The molecule has 2 heteroatoms. The van der Waals surface area contributed by atoms with Gasteiger partial charge in [-0.15, -0.1) is 0 Å². The van der Waals surface area contributed by atoms with Gasteiger partial charge in [0.1, 0.15) is 23.0 Å². The van der Waals surface area contributed by atoms with Crippen LogP contribution in [-0.2, 0) is 12.8 Å². The van der Waals surface area contributed by atoms with E-state index in [1.165, 1.54) is 5.57 Å². The fourth-order valence-electron chi connectivity index (χ4n) is 2.05. The van der Waals surface area contributed by atoms with E-state index < -0.39 is 0 Å². The molecule has 1 atom stereocenters. The summed E-state index contributed by atoms with van der Waals surface area (Å²) in [5, 5.41) is 0. The van der Waals surface area contributed by atoms with Crippen molar-refractivity contribution in [3.05, 3.63) is 52.9 Å². The maximum absolute atomic E-state index is 5.81. The van der Waals surface area contributed by atoms with Crippen molar-refractivity contribution in [1.82, 2.24) is 0 Å². The van der Waals surface area contributed by atoms with Gasteiger partial charge >= 0.3 is 0 Å². The molecule has 0 aliphatic rings. The van der Waals surface area contributed by atoms with Crippen molar-refractivity contribution in [2.75, 3.05) is 0 Å². The average Bonchev–Trinajstić information content (AvgIpc) is 3.06. The van der Waals surface area contributed by atoms with Gasteiger partial charge in [0, 0.05) is 18.8 Å². The number of furan rings is 2. The summed E-state index contributed by atoms with van der Waals surface area (Å²) in [6.45, 7) is 8.47. The maximum Gasteiger partial charge on any atom is 0.127 e. The molecule has 102 valence electrons. The van der Waals surface area contributed by atoms with Crippen LogP contribution in [0, 0.1) is 0 Å². The van der Waals surface area contributed by atoms with Crippen molar-refractivity contribution in [2.24, 2.45) is 0 Å². The highest BCUT2D eigenvalue weighted by atomic mass is 16.3. The smallest absolute Gasteiger partial charge is 0.127 e. The van der Waals surface area contributed by atoms with Gasteiger partial charge < -0.3 is 8.83 Å². The number of hydrogen-bond donors (Lipinski definition) is 0. The van der Waals surface area contributed by atoms with Crippen LogP contribution in [0.2, 0.25) is 0 Å². The summed E-state index contributed by atoms with van der Waals surface area (Å²) in [6, 6.07) is 8.18. The predicted octanol–water partition coefficient (Wildman–Crippen LogP) is 5.20. The van der Waals surface area contributed by atoms with Gasteiger partial charge in [-0.2, -0.15) is 0 Å². The summed E-state index contributed by atoms with van der Waals surface area (Å²) in [4.78, 5) is 0. The van der Waals surface area contributed by atoms with Crippen molar-refractivity contribution < 1.29 is 8.83 Å². The molecule has 0 saturated heterocycles. The Hall–Kier alpha value is -1.70. The summed E-state index contributed by atoms with van der Waals surface area (Å²) in [5.74, 6) is 4.28. The predicted molar refractivity (Wildman–Crippen MR) is 78.2 cm³/mol. The highest BCUT2D eigenvalue weighted by molar-refractivity contribution is 5.49. The van der Waals surface area contributed by atoms with Crippen LogP contribution >= 0.6 is 0 Å². The molecule has 0 radical (unpaired) electrons. The highest BCUT2D eigenvalue weighted by Crippen LogP contribution is 2.27. The van der Waals surface area contributed by atoms with Crippen LogP contribution in [0.25, 0.3) is 6.08 Å². The maximum atomic E-state index is 5.81. The van der Waals surface area contributed by atoms with Crippen molar-refractivity contribution in [2.45, 2.75) is 46.5 Å². The second-order valence-corrected chi connectivity index (χ2v) is 4.93. The molecule has 0 bridgehead atoms. The largest absolute Gasteiger partial charge is 0.465 e. The third-order valence-electron chi connectivity index (χ3n) is 3.54. The zero-order chi connectivity index (χ0) is 13.8. The third kappa shape index (κ3) is 3.19. The summed E-state index contributed by atoms with van der Waals surface area (Å²) >= 11 is 0. The standard InChI is InChI=1S/C17H22O2/c1-5-14-7-8-16(18-14)11-12(3)13(4)17-10-9-15(6-2)19-17/h7-11,13H,5-6H2,1-4H3/b12-11+. The Morgan fingerprint density at radius 1 is 1.05 bits per heavy atom. The van der Waals surface area contributed by atoms with Crippen LogP contribution in [0.15, 0.2) is 38.7 Å². The van der Waals surface area contributed by atoms with Crippen molar-refractivity contribution >= 4 is 6.08 Å². The number of allylic oxidation sites excluding steroid dienone is 1. The van der Waals surface area contributed by atoms with Crippen LogP contribution in [0.5, 0.6) is 0 Å². The lowest BCUT2D eigenvalue weighted by Crippen LogP contribution is -1.92. The highest BCUT2D eigenvalue weighted by Gasteiger charge is 2.12. The molecule has 2 aromatic rings. The van der Waals surface area contributed by atoms with E-state index in [0.717, 1.165) is 35.9 Å². The van der Waals surface area contributed by atoms with Gasteiger partial charge in [0.2, 0.25) is 0 Å². The van der Waals surface area contributed by atoms with E-state index in [1.54, 1.807) is 0 Å². The van der Waals surface area contributed by atoms with Gasteiger partial charge in [-0.1, -0.05) is 26.3 Å². The monoisotopic (exact) mass is 258 g/mol. The van der Waals surface area contributed by atoms with Crippen molar-refractivity contribution in [1.29, 1.82) is 0 Å². The topological polar surface area (TPSA) is 26.3 Å². The fraction of sp³-hybridized carbons (Fsp3) is 0.412. The zero-order valence-corrected chi connectivity index (χ0v) is 12.2. The lowest BCUT2D eigenvalue weighted by molar-refractivity contribution is 0.456. The minimum absolute atomic E-state index is 0.274. The Balaban J connectivity index is 2.15.